The van der Waals surface area contributed by atoms with Crippen molar-refractivity contribution in [1.29, 1.82) is 0 Å². The largest absolute Gasteiger partial charge is 0.867 e. The van der Waals surface area contributed by atoms with Gasteiger partial charge in [-0.2, -0.15) is 4.57 Å². The summed E-state index contributed by atoms with van der Waals surface area (Å²) in [5, 5.41) is 36.9. The van der Waals surface area contributed by atoms with Crippen LogP contribution in [0.4, 0.5) is 11.4 Å². The number of rotatable bonds is 6. The molecule has 0 aliphatic rings. The molecule has 158 valence electrons. The van der Waals surface area contributed by atoms with Crippen LogP contribution >= 0.6 is 12.2 Å². The molecule has 0 amide bonds. The fourth-order valence-corrected chi connectivity index (χ4v) is 3.52. The van der Waals surface area contributed by atoms with Crippen molar-refractivity contribution in [3.63, 3.8) is 0 Å². The van der Waals surface area contributed by atoms with Crippen molar-refractivity contribution in [3.05, 3.63) is 99.4 Å². The van der Waals surface area contributed by atoms with E-state index in [1.54, 1.807) is 29.1 Å². The zero-order valence-electron chi connectivity index (χ0n) is 17.0. The van der Waals surface area contributed by atoms with E-state index in [1.807, 2.05) is 32.0 Å². The first-order valence-electron chi connectivity index (χ1n) is 9.45. The van der Waals surface area contributed by atoms with Crippen LogP contribution in [0.3, 0.4) is 0 Å². The summed E-state index contributed by atoms with van der Waals surface area (Å²) in [6, 6.07) is 14.6. The quantitative estimate of drug-likeness (QED) is 0.154. The van der Waals surface area contributed by atoms with E-state index in [2.05, 4.69) is 5.32 Å². The third-order valence-electron chi connectivity index (χ3n) is 4.55. The third kappa shape index (κ3) is 5.30. The Labute approximate surface area is 185 Å². The lowest BCUT2D eigenvalue weighted by atomic mass is 10.1. The van der Waals surface area contributed by atoms with E-state index in [0.29, 0.717) is 5.56 Å². The second-order valence-corrected chi connectivity index (χ2v) is 7.50. The second kappa shape index (κ2) is 9.46. The summed E-state index contributed by atoms with van der Waals surface area (Å²) in [6.45, 7) is 3.73. The zero-order chi connectivity index (χ0) is 22.5. The minimum absolute atomic E-state index is 0.107. The van der Waals surface area contributed by atoms with E-state index < -0.39 is 10.7 Å². The summed E-state index contributed by atoms with van der Waals surface area (Å²) in [6.07, 6.45) is 3.28. The molecule has 1 heterocycles. The van der Waals surface area contributed by atoms with Crippen LogP contribution in [-0.4, -0.2) is 15.0 Å². The summed E-state index contributed by atoms with van der Waals surface area (Å²) >= 11 is 5.59. The number of thiocarbonyl (C=S) groups is 1. The monoisotopic (exact) mass is 435 g/mol. The maximum atomic E-state index is 13.4. The number of pyridine rings is 1. The molecule has 2 N–H and O–H groups in total. The van der Waals surface area contributed by atoms with Gasteiger partial charge in [-0.3, -0.25) is 10.1 Å². The molecule has 31 heavy (non-hydrogen) atoms. The van der Waals surface area contributed by atoms with Crippen molar-refractivity contribution < 1.29 is 19.7 Å². The molecule has 2 aromatic carbocycles. The minimum Gasteiger partial charge on any atom is -0.867 e. The number of aliphatic hydroxyl groups is 1. The number of aryl methyl sites for hydroxylation is 2. The Bertz CT molecular complexity index is 1150. The van der Waals surface area contributed by atoms with Gasteiger partial charge in [0.15, 0.2) is 17.4 Å². The molecule has 3 aromatic rings. The van der Waals surface area contributed by atoms with Gasteiger partial charge in [0.25, 0.3) is 5.69 Å². The molecule has 0 aliphatic carbocycles. The molecule has 8 heteroatoms. The molecule has 0 unspecified atom stereocenters. The van der Waals surface area contributed by atoms with Crippen molar-refractivity contribution in [3.8, 4) is 0 Å². The van der Waals surface area contributed by atoms with Gasteiger partial charge in [-0.15, -0.1) is 0 Å². The van der Waals surface area contributed by atoms with Crippen LogP contribution in [0.25, 0.3) is 11.5 Å². The van der Waals surface area contributed by atoms with Crippen LogP contribution in [0, 0.1) is 24.0 Å². The predicted octanol–water partition coefficient (Wildman–Crippen LogP) is 3.12. The highest BCUT2D eigenvalue weighted by Gasteiger charge is 2.20. The van der Waals surface area contributed by atoms with Gasteiger partial charge < -0.3 is 15.5 Å². The van der Waals surface area contributed by atoms with Gasteiger partial charge in [-0.05, 0) is 66.6 Å². The Kier molecular flexibility index (Phi) is 6.74. The van der Waals surface area contributed by atoms with Crippen molar-refractivity contribution in [2.45, 2.75) is 20.5 Å². The lowest BCUT2D eigenvalue weighted by molar-refractivity contribution is -0.578. The Hall–Kier alpha value is -3.62. The van der Waals surface area contributed by atoms with Crippen LogP contribution in [-0.2, 0) is 6.61 Å². The Balaban J connectivity index is 2.10. The molecular formula is C23H21N3O4S. The average Bonchev–Trinajstić information content (AvgIpc) is 2.73. The van der Waals surface area contributed by atoms with Crippen LogP contribution in [0.2, 0.25) is 0 Å². The molecule has 0 radical (unpaired) electrons. The second-order valence-electron chi connectivity index (χ2n) is 7.09. The Morgan fingerprint density at radius 3 is 2.35 bits per heavy atom. The van der Waals surface area contributed by atoms with Crippen LogP contribution < -0.4 is 15.0 Å². The van der Waals surface area contributed by atoms with Crippen molar-refractivity contribution in [1.82, 2.24) is 0 Å². The number of nitrogens with zero attached hydrogens (tertiary/aromatic N) is 2. The van der Waals surface area contributed by atoms with Gasteiger partial charge in [-0.1, -0.05) is 18.3 Å². The summed E-state index contributed by atoms with van der Waals surface area (Å²) in [5.74, 6) is -0.406. The SMILES string of the molecule is Cc1cc(C)cc(NC(=S)/C(=C(\[O-])c2ccc([N+](=O)[O-])cc2)[n+]2cccc(CO)c2)c1. The maximum absolute atomic E-state index is 13.4. The maximum Gasteiger partial charge on any atom is 0.269 e. The smallest absolute Gasteiger partial charge is 0.269 e. The lowest BCUT2D eigenvalue weighted by Crippen LogP contribution is -2.40. The third-order valence-corrected chi connectivity index (χ3v) is 4.85. The lowest BCUT2D eigenvalue weighted by Gasteiger charge is -2.17. The molecular weight excluding hydrogens is 414 g/mol. The first kappa shape index (κ1) is 22.1. The van der Waals surface area contributed by atoms with Crippen LogP contribution in [0.5, 0.6) is 0 Å². The van der Waals surface area contributed by atoms with Crippen molar-refractivity contribution >= 4 is 40.0 Å². The van der Waals surface area contributed by atoms with E-state index in [-0.39, 0.29) is 28.5 Å². The highest BCUT2D eigenvalue weighted by Crippen LogP contribution is 2.21. The van der Waals surface area contributed by atoms with Crippen molar-refractivity contribution in [2.75, 3.05) is 5.32 Å². The molecule has 0 bridgehead atoms. The topological polar surface area (TPSA) is 102 Å². The number of hydrogen-bond donors (Lipinski definition) is 2. The van der Waals surface area contributed by atoms with E-state index in [0.717, 1.165) is 16.8 Å². The van der Waals surface area contributed by atoms with E-state index in [4.69, 9.17) is 12.2 Å². The number of nitro groups is 1. The molecule has 1 aromatic heterocycles. The number of aliphatic hydroxyl groups excluding tert-OH is 1. The van der Waals surface area contributed by atoms with Gasteiger partial charge in [0.05, 0.1) is 11.5 Å². The normalized spacial score (nSPS) is 11.6. The molecule has 0 saturated heterocycles. The first-order valence-corrected chi connectivity index (χ1v) is 9.86. The number of non-ortho nitro benzene ring substituents is 1. The number of hydrogen-bond acceptors (Lipinski definition) is 5. The summed E-state index contributed by atoms with van der Waals surface area (Å²) in [7, 11) is 0. The van der Waals surface area contributed by atoms with Gasteiger partial charge in [0.1, 0.15) is 0 Å². The van der Waals surface area contributed by atoms with Gasteiger partial charge in [0.2, 0.25) is 5.70 Å². The molecule has 0 aliphatic heterocycles. The number of nitrogens with one attached hydrogen (secondary N) is 1. The summed E-state index contributed by atoms with van der Waals surface area (Å²) in [5.41, 5.74) is 3.75. The molecule has 0 atom stereocenters. The fraction of sp³-hybridized carbons (Fsp3) is 0.130. The molecule has 0 saturated carbocycles. The molecule has 0 spiro atoms. The molecule has 3 rings (SSSR count). The van der Waals surface area contributed by atoms with Gasteiger partial charge in [-0.25, -0.2) is 0 Å². The molecule has 0 fully saturated rings. The van der Waals surface area contributed by atoms with Crippen LogP contribution in [0.15, 0.2) is 67.0 Å². The highest BCUT2D eigenvalue weighted by atomic mass is 32.1. The van der Waals surface area contributed by atoms with E-state index >= 15 is 0 Å². The zero-order valence-corrected chi connectivity index (χ0v) is 17.8. The first-order chi connectivity index (χ1) is 14.8. The predicted molar refractivity (Wildman–Crippen MR) is 121 cm³/mol. The number of nitro benzene ring substituents is 1. The Morgan fingerprint density at radius 1 is 1.13 bits per heavy atom. The fourth-order valence-electron chi connectivity index (χ4n) is 3.20. The van der Waals surface area contributed by atoms with E-state index in [9.17, 15) is 20.3 Å². The van der Waals surface area contributed by atoms with E-state index in [1.165, 1.54) is 24.3 Å². The van der Waals surface area contributed by atoms with Crippen LogP contribution in [0.1, 0.15) is 22.3 Å². The van der Waals surface area contributed by atoms with Gasteiger partial charge in [0, 0.05) is 29.4 Å². The standard InChI is InChI=1S/C23H21N3O4S/c1-15-10-16(2)12-19(11-15)24-23(31)21(25-9-3-4-17(13-25)14-27)22(28)18-5-7-20(8-6-18)26(29)30/h3-13,27H,14H2,1-2H3,(H-,24,28,31). The number of aromatic nitrogens is 1. The average molecular weight is 436 g/mol. The summed E-state index contributed by atoms with van der Waals surface area (Å²) in [4.78, 5) is 10.6. The molecule has 7 nitrogen and oxygen atoms in total. The highest BCUT2D eigenvalue weighted by molar-refractivity contribution is 7.81. The number of anilines is 1. The summed E-state index contributed by atoms with van der Waals surface area (Å²) < 4.78 is 1.55. The van der Waals surface area contributed by atoms with Gasteiger partial charge >= 0.3 is 0 Å². The number of benzene rings is 2. The Morgan fingerprint density at radius 2 is 1.77 bits per heavy atom. The van der Waals surface area contributed by atoms with Crippen molar-refractivity contribution in [2.24, 2.45) is 0 Å². The minimum atomic E-state index is -0.523.